The summed E-state index contributed by atoms with van der Waals surface area (Å²) >= 11 is 0. The van der Waals surface area contributed by atoms with Crippen LogP contribution in [0.2, 0.25) is 0 Å². The second-order valence-corrected chi connectivity index (χ2v) is 6.62. The first-order valence-electron chi connectivity index (χ1n) is 9.04. The quantitative estimate of drug-likeness (QED) is 0.671. The van der Waals surface area contributed by atoms with Crippen LogP contribution in [-0.2, 0) is 6.42 Å². The zero-order valence-corrected chi connectivity index (χ0v) is 15.3. The fourth-order valence-corrected chi connectivity index (χ4v) is 3.28. The van der Waals surface area contributed by atoms with Gasteiger partial charge >= 0.3 is 6.03 Å². The molecular weight excluding hydrogens is 376 g/mol. The number of amides is 3. The van der Waals surface area contributed by atoms with Crippen LogP contribution in [0.3, 0.4) is 0 Å². The van der Waals surface area contributed by atoms with Crippen molar-refractivity contribution < 1.29 is 18.4 Å². The van der Waals surface area contributed by atoms with E-state index in [-0.39, 0.29) is 11.6 Å². The molecule has 0 radical (unpaired) electrons. The fourth-order valence-electron chi connectivity index (χ4n) is 3.28. The van der Waals surface area contributed by atoms with Crippen molar-refractivity contribution in [3.05, 3.63) is 89.5 Å². The van der Waals surface area contributed by atoms with Crippen LogP contribution in [0.25, 0.3) is 0 Å². The highest BCUT2D eigenvalue weighted by Crippen LogP contribution is 2.32. The Balaban J connectivity index is 1.50. The average molecular weight is 393 g/mol. The van der Waals surface area contributed by atoms with Gasteiger partial charge in [0.2, 0.25) is 0 Å². The maximum Gasteiger partial charge on any atom is 0.323 e. The molecule has 1 aliphatic rings. The number of benzene rings is 3. The molecule has 3 aromatic rings. The number of rotatable bonds is 3. The molecule has 0 aromatic heterocycles. The maximum atomic E-state index is 13.7. The molecule has 2 N–H and O–H groups in total. The molecule has 4 rings (SSSR count). The van der Waals surface area contributed by atoms with Crippen molar-refractivity contribution >= 4 is 29.0 Å². The molecule has 0 aliphatic carbocycles. The first-order chi connectivity index (χ1) is 14.0. The van der Waals surface area contributed by atoms with Crippen molar-refractivity contribution in [2.24, 2.45) is 0 Å². The molecule has 0 fully saturated rings. The van der Waals surface area contributed by atoms with Gasteiger partial charge in [-0.1, -0.05) is 24.3 Å². The number of urea groups is 1. The number of hydrogen-bond acceptors (Lipinski definition) is 2. The molecule has 0 saturated heterocycles. The summed E-state index contributed by atoms with van der Waals surface area (Å²) in [5.74, 6) is -1.71. The third-order valence-electron chi connectivity index (χ3n) is 4.68. The van der Waals surface area contributed by atoms with Gasteiger partial charge in [0.05, 0.1) is 5.69 Å². The fraction of sp³-hybridized carbons (Fsp3) is 0.0909. The largest absolute Gasteiger partial charge is 0.323 e. The van der Waals surface area contributed by atoms with Crippen LogP contribution in [0, 0.1) is 11.6 Å². The van der Waals surface area contributed by atoms with Crippen LogP contribution in [0.1, 0.15) is 15.9 Å². The smallest absolute Gasteiger partial charge is 0.308 e. The number of nitrogens with one attached hydrogen (secondary N) is 2. The maximum absolute atomic E-state index is 13.7. The molecule has 0 bridgehead atoms. The summed E-state index contributed by atoms with van der Waals surface area (Å²) in [6.45, 7) is 0.555. The lowest BCUT2D eigenvalue weighted by atomic mass is 10.1. The summed E-state index contributed by atoms with van der Waals surface area (Å²) in [5, 5.41) is 4.95. The van der Waals surface area contributed by atoms with E-state index in [0.717, 1.165) is 29.8 Å². The van der Waals surface area contributed by atoms with Gasteiger partial charge in [0, 0.05) is 29.5 Å². The third-order valence-corrected chi connectivity index (χ3v) is 4.68. The lowest BCUT2D eigenvalue weighted by Gasteiger charge is -2.18. The van der Waals surface area contributed by atoms with Crippen LogP contribution in [0.15, 0.2) is 66.7 Å². The van der Waals surface area contributed by atoms with Crippen LogP contribution in [-0.4, -0.2) is 18.5 Å². The predicted octanol–water partition coefficient (Wildman–Crippen LogP) is 4.81. The van der Waals surface area contributed by atoms with Crippen LogP contribution < -0.4 is 15.5 Å². The molecule has 146 valence electrons. The zero-order chi connectivity index (χ0) is 20.4. The summed E-state index contributed by atoms with van der Waals surface area (Å²) in [6.07, 6.45) is 0.723. The minimum Gasteiger partial charge on any atom is -0.308 e. The summed E-state index contributed by atoms with van der Waals surface area (Å²) < 4.78 is 26.7. The predicted molar refractivity (Wildman–Crippen MR) is 107 cm³/mol. The minimum atomic E-state index is -0.867. The summed E-state index contributed by atoms with van der Waals surface area (Å²) in [4.78, 5) is 26.7. The highest BCUT2D eigenvalue weighted by Gasteiger charge is 2.26. The van der Waals surface area contributed by atoms with Crippen molar-refractivity contribution in [3.8, 4) is 0 Å². The number of halogens is 2. The van der Waals surface area contributed by atoms with E-state index in [1.807, 2.05) is 12.1 Å². The number of nitrogens with zero attached hydrogens (tertiary/aromatic N) is 1. The molecule has 1 aliphatic heterocycles. The topological polar surface area (TPSA) is 61.4 Å². The summed E-state index contributed by atoms with van der Waals surface area (Å²) in [6, 6.07) is 16.5. The van der Waals surface area contributed by atoms with E-state index in [1.165, 1.54) is 0 Å². The lowest BCUT2D eigenvalue weighted by molar-refractivity contribution is 0.0989. The monoisotopic (exact) mass is 393 g/mol. The van der Waals surface area contributed by atoms with Crippen molar-refractivity contribution in [1.29, 1.82) is 0 Å². The van der Waals surface area contributed by atoms with Gasteiger partial charge in [-0.05, 0) is 48.4 Å². The molecule has 0 atom stereocenters. The Kier molecular flexibility index (Phi) is 4.95. The van der Waals surface area contributed by atoms with E-state index < -0.39 is 17.7 Å². The Labute approximate surface area is 166 Å². The van der Waals surface area contributed by atoms with Crippen molar-refractivity contribution in [1.82, 2.24) is 0 Å². The van der Waals surface area contributed by atoms with Gasteiger partial charge in [-0.25, -0.2) is 13.6 Å². The molecule has 1 heterocycles. The van der Waals surface area contributed by atoms with Crippen molar-refractivity contribution in [2.75, 3.05) is 22.1 Å². The standard InChI is InChI=1S/C22H17F2N3O2/c23-16-7-9-19(18(24)12-16)26-22(29)25-17-8-6-14-10-11-27(20(14)13-17)21(28)15-4-2-1-3-5-15/h1-9,12-13H,10-11H2,(H2,25,26,29). The Morgan fingerprint density at radius 2 is 1.69 bits per heavy atom. The lowest BCUT2D eigenvalue weighted by Crippen LogP contribution is -2.29. The van der Waals surface area contributed by atoms with E-state index in [4.69, 9.17) is 0 Å². The molecule has 7 heteroatoms. The van der Waals surface area contributed by atoms with Crippen LogP contribution >= 0.6 is 0 Å². The highest BCUT2D eigenvalue weighted by atomic mass is 19.1. The Morgan fingerprint density at radius 1 is 0.897 bits per heavy atom. The molecule has 0 saturated carbocycles. The Morgan fingerprint density at radius 3 is 2.45 bits per heavy atom. The molecule has 3 aromatic carbocycles. The van der Waals surface area contributed by atoms with Gasteiger partial charge in [-0.2, -0.15) is 0 Å². The first kappa shape index (κ1) is 18.6. The number of hydrogen-bond donors (Lipinski definition) is 2. The number of fused-ring (bicyclic) bond motifs is 1. The van der Waals surface area contributed by atoms with Crippen LogP contribution in [0.5, 0.6) is 0 Å². The minimum absolute atomic E-state index is 0.112. The summed E-state index contributed by atoms with van der Waals surface area (Å²) in [5.41, 5.74) is 2.64. The Hall–Kier alpha value is -3.74. The molecule has 29 heavy (non-hydrogen) atoms. The van der Waals surface area contributed by atoms with E-state index in [9.17, 15) is 18.4 Å². The molecular formula is C22H17F2N3O2. The highest BCUT2D eigenvalue weighted by molar-refractivity contribution is 6.08. The van der Waals surface area contributed by atoms with E-state index >= 15 is 0 Å². The van der Waals surface area contributed by atoms with E-state index in [0.29, 0.717) is 23.9 Å². The summed E-state index contributed by atoms with van der Waals surface area (Å²) in [7, 11) is 0. The third kappa shape index (κ3) is 3.94. The van der Waals surface area contributed by atoms with Gasteiger partial charge in [-0.15, -0.1) is 0 Å². The number of carbonyl (C=O) groups is 2. The SMILES string of the molecule is O=C(Nc1ccc2c(c1)N(C(=O)c1ccccc1)CC2)Nc1ccc(F)cc1F. The molecule has 0 spiro atoms. The van der Waals surface area contributed by atoms with Gasteiger partial charge in [-0.3, -0.25) is 4.79 Å². The molecule has 0 unspecified atom stereocenters. The second-order valence-electron chi connectivity index (χ2n) is 6.62. The normalized spacial score (nSPS) is 12.4. The van der Waals surface area contributed by atoms with Gasteiger partial charge in [0.1, 0.15) is 11.6 Å². The molecule has 5 nitrogen and oxygen atoms in total. The number of anilines is 3. The van der Waals surface area contributed by atoms with Gasteiger partial charge < -0.3 is 15.5 Å². The zero-order valence-electron chi connectivity index (χ0n) is 15.3. The van der Waals surface area contributed by atoms with Gasteiger partial charge in [0.25, 0.3) is 5.91 Å². The van der Waals surface area contributed by atoms with E-state index in [2.05, 4.69) is 10.6 Å². The van der Waals surface area contributed by atoms with Gasteiger partial charge in [0.15, 0.2) is 0 Å². The van der Waals surface area contributed by atoms with Crippen molar-refractivity contribution in [3.63, 3.8) is 0 Å². The number of carbonyl (C=O) groups excluding carboxylic acids is 2. The first-order valence-corrected chi connectivity index (χ1v) is 9.04. The van der Waals surface area contributed by atoms with Crippen LogP contribution in [0.4, 0.5) is 30.6 Å². The average Bonchev–Trinajstić information content (AvgIpc) is 3.13. The Bertz CT molecular complexity index is 1090. The van der Waals surface area contributed by atoms with Crippen molar-refractivity contribution in [2.45, 2.75) is 6.42 Å². The molecule has 3 amide bonds. The van der Waals surface area contributed by atoms with E-state index in [1.54, 1.807) is 41.3 Å². The second kappa shape index (κ2) is 7.71.